The number of phenolic OH excluding ortho intramolecular Hbond substituents is 1. The maximum absolute atomic E-state index is 9.97. The van der Waals surface area contributed by atoms with Crippen LogP contribution >= 0.6 is 39.1 Å². The highest BCUT2D eigenvalue weighted by atomic mass is 79.9. The number of halogens is 3. The molecule has 2 aromatic rings. The highest BCUT2D eigenvalue weighted by molar-refractivity contribution is 9.10. The van der Waals surface area contributed by atoms with Crippen molar-refractivity contribution in [3.63, 3.8) is 0 Å². The van der Waals surface area contributed by atoms with Gasteiger partial charge in [0.1, 0.15) is 5.75 Å². The lowest BCUT2D eigenvalue weighted by Gasteiger charge is -2.12. The molecule has 0 saturated heterocycles. The molecule has 0 amide bonds. The highest BCUT2D eigenvalue weighted by Crippen LogP contribution is 2.33. The third-order valence-electron chi connectivity index (χ3n) is 3.36. The summed E-state index contributed by atoms with van der Waals surface area (Å²) in [7, 11) is 0. The van der Waals surface area contributed by atoms with Gasteiger partial charge in [0.15, 0.2) is 0 Å². The molecule has 21 heavy (non-hydrogen) atoms. The van der Waals surface area contributed by atoms with Gasteiger partial charge in [-0.25, -0.2) is 0 Å². The first-order valence-electron chi connectivity index (χ1n) is 6.30. The Morgan fingerprint density at radius 1 is 1.19 bits per heavy atom. The summed E-state index contributed by atoms with van der Waals surface area (Å²) < 4.78 is 0.894. The molecule has 0 aromatic heterocycles. The summed E-state index contributed by atoms with van der Waals surface area (Å²) in [6.07, 6.45) is 0.644. The summed E-state index contributed by atoms with van der Waals surface area (Å²) in [4.78, 5) is 0. The Bertz CT molecular complexity index is 734. The number of hydrogen-bond acceptors (Lipinski definition) is 3. The van der Waals surface area contributed by atoms with E-state index in [1.165, 1.54) is 0 Å². The van der Waals surface area contributed by atoms with Crippen LogP contribution in [0.15, 0.2) is 46.0 Å². The van der Waals surface area contributed by atoms with E-state index in [0.29, 0.717) is 22.0 Å². The summed E-state index contributed by atoms with van der Waals surface area (Å²) in [6, 6.07) is 10.7. The first kappa shape index (κ1) is 14.7. The second-order valence-corrected chi connectivity index (χ2v) is 6.53. The maximum atomic E-state index is 9.97. The third kappa shape index (κ3) is 3.03. The van der Waals surface area contributed by atoms with E-state index >= 15 is 0 Å². The number of nitrogens with one attached hydrogen (secondary N) is 1. The van der Waals surface area contributed by atoms with Crippen molar-refractivity contribution in [2.75, 3.05) is 0 Å². The number of hydrazone groups is 1. The van der Waals surface area contributed by atoms with Gasteiger partial charge in [-0.1, -0.05) is 45.2 Å². The SMILES string of the molecule is Oc1ccc(Br)cc1C1=NN[C@@H](c2ccc(Cl)cc2Cl)C1. The van der Waals surface area contributed by atoms with Gasteiger partial charge in [0.25, 0.3) is 0 Å². The van der Waals surface area contributed by atoms with Crippen molar-refractivity contribution >= 4 is 44.8 Å². The largest absolute Gasteiger partial charge is 0.507 e. The van der Waals surface area contributed by atoms with Gasteiger partial charge in [-0.15, -0.1) is 0 Å². The van der Waals surface area contributed by atoms with Crippen LogP contribution in [0.25, 0.3) is 0 Å². The van der Waals surface area contributed by atoms with Crippen molar-refractivity contribution in [2.45, 2.75) is 12.5 Å². The normalized spacial score (nSPS) is 17.5. The minimum Gasteiger partial charge on any atom is -0.507 e. The fourth-order valence-electron chi connectivity index (χ4n) is 2.31. The first-order chi connectivity index (χ1) is 10.0. The Balaban J connectivity index is 1.86. The Kier molecular flexibility index (Phi) is 4.11. The summed E-state index contributed by atoms with van der Waals surface area (Å²) in [5.41, 5.74) is 5.51. The van der Waals surface area contributed by atoms with Gasteiger partial charge in [0.2, 0.25) is 0 Å². The Labute approximate surface area is 140 Å². The first-order valence-corrected chi connectivity index (χ1v) is 7.85. The van der Waals surface area contributed by atoms with Crippen LogP contribution in [0, 0.1) is 0 Å². The van der Waals surface area contributed by atoms with Crippen molar-refractivity contribution in [1.29, 1.82) is 0 Å². The van der Waals surface area contributed by atoms with E-state index in [0.717, 1.165) is 15.7 Å². The predicted molar refractivity (Wildman–Crippen MR) is 89.3 cm³/mol. The lowest BCUT2D eigenvalue weighted by atomic mass is 9.98. The highest BCUT2D eigenvalue weighted by Gasteiger charge is 2.24. The molecule has 2 aromatic carbocycles. The van der Waals surface area contributed by atoms with E-state index in [9.17, 15) is 5.11 Å². The Morgan fingerprint density at radius 2 is 2.00 bits per heavy atom. The number of nitrogens with zero attached hydrogens (tertiary/aromatic N) is 1. The minimum atomic E-state index is -0.0249. The van der Waals surface area contributed by atoms with Crippen LogP contribution in [-0.2, 0) is 0 Å². The average molecular weight is 386 g/mol. The summed E-state index contributed by atoms with van der Waals surface area (Å²) in [5.74, 6) is 0.210. The molecule has 0 aliphatic carbocycles. The van der Waals surface area contributed by atoms with Gasteiger partial charge >= 0.3 is 0 Å². The van der Waals surface area contributed by atoms with Crippen LogP contribution in [0.1, 0.15) is 23.6 Å². The topological polar surface area (TPSA) is 44.6 Å². The predicted octanol–water partition coefficient (Wildman–Crippen LogP) is 4.90. The smallest absolute Gasteiger partial charge is 0.124 e. The Morgan fingerprint density at radius 3 is 2.76 bits per heavy atom. The fraction of sp³-hybridized carbons (Fsp3) is 0.133. The lowest BCUT2D eigenvalue weighted by Crippen LogP contribution is -2.10. The summed E-state index contributed by atoms with van der Waals surface area (Å²) in [5, 5.41) is 15.5. The summed E-state index contributed by atoms with van der Waals surface area (Å²) >= 11 is 15.5. The molecule has 0 fully saturated rings. The molecule has 0 bridgehead atoms. The molecule has 1 atom stereocenters. The van der Waals surface area contributed by atoms with Crippen LogP contribution in [0.5, 0.6) is 5.75 Å². The molecule has 0 saturated carbocycles. The molecule has 6 heteroatoms. The van der Waals surface area contributed by atoms with Crippen molar-refractivity contribution in [1.82, 2.24) is 5.43 Å². The van der Waals surface area contributed by atoms with Crippen molar-refractivity contribution in [3.05, 3.63) is 62.0 Å². The number of benzene rings is 2. The van der Waals surface area contributed by atoms with Gasteiger partial charge < -0.3 is 10.5 Å². The second kappa shape index (κ2) is 5.87. The van der Waals surface area contributed by atoms with Crippen LogP contribution in [0.4, 0.5) is 0 Å². The number of aromatic hydroxyl groups is 1. The van der Waals surface area contributed by atoms with Crippen LogP contribution in [-0.4, -0.2) is 10.8 Å². The molecular weight excluding hydrogens is 375 g/mol. The molecule has 108 valence electrons. The van der Waals surface area contributed by atoms with Crippen molar-refractivity contribution < 1.29 is 5.11 Å². The zero-order valence-corrected chi connectivity index (χ0v) is 13.9. The van der Waals surface area contributed by atoms with E-state index in [1.54, 1.807) is 24.3 Å². The molecule has 3 nitrogen and oxygen atoms in total. The molecule has 0 spiro atoms. The van der Waals surface area contributed by atoms with Crippen molar-refractivity contribution in [2.24, 2.45) is 5.10 Å². The molecule has 2 N–H and O–H groups in total. The molecular formula is C15H11BrCl2N2O. The van der Waals surface area contributed by atoms with E-state index < -0.39 is 0 Å². The van der Waals surface area contributed by atoms with Gasteiger partial charge in [0.05, 0.1) is 11.8 Å². The second-order valence-electron chi connectivity index (χ2n) is 4.77. The van der Waals surface area contributed by atoms with Gasteiger partial charge in [-0.2, -0.15) is 5.10 Å². The summed E-state index contributed by atoms with van der Waals surface area (Å²) in [6.45, 7) is 0. The zero-order valence-electron chi connectivity index (χ0n) is 10.8. The minimum absolute atomic E-state index is 0.0249. The van der Waals surface area contributed by atoms with E-state index in [2.05, 4.69) is 26.5 Å². The fourth-order valence-corrected chi connectivity index (χ4v) is 3.21. The average Bonchev–Trinajstić information content (AvgIpc) is 2.91. The third-order valence-corrected chi connectivity index (χ3v) is 4.42. The van der Waals surface area contributed by atoms with E-state index in [-0.39, 0.29) is 11.8 Å². The molecule has 1 aliphatic heterocycles. The van der Waals surface area contributed by atoms with Crippen LogP contribution in [0.2, 0.25) is 10.0 Å². The quantitative estimate of drug-likeness (QED) is 0.772. The van der Waals surface area contributed by atoms with E-state index in [1.807, 2.05) is 12.1 Å². The van der Waals surface area contributed by atoms with Crippen molar-refractivity contribution in [3.8, 4) is 5.75 Å². The monoisotopic (exact) mass is 384 g/mol. The Hall–Kier alpha value is -1.23. The maximum Gasteiger partial charge on any atom is 0.124 e. The molecule has 3 rings (SSSR count). The standard InChI is InChI=1S/C15H11BrCl2N2O/c16-8-1-4-15(21)11(5-8)14-7-13(19-20-14)10-3-2-9(17)6-12(10)18/h1-6,13,19,21H,7H2/t13-/m1/s1. The van der Waals surface area contributed by atoms with Gasteiger partial charge in [-0.05, 0) is 35.9 Å². The molecule has 1 aliphatic rings. The van der Waals surface area contributed by atoms with Crippen LogP contribution in [0.3, 0.4) is 0 Å². The van der Waals surface area contributed by atoms with Gasteiger partial charge in [-0.3, -0.25) is 0 Å². The van der Waals surface area contributed by atoms with Crippen LogP contribution < -0.4 is 5.43 Å². The number of rotatable bonds is 2. The molecule has 0 radical (unpaired) electrons. The van der Waals surface area contributed by atoms with E-state index in [4.69, 9.17) is 23.2 Å². The lowest BCUT2D eigenvalue weighted by molar-refractivity contribution is 0.474. The zero-order chi connectivity index (χ0) is 15.0. The number of phenols is 1. The molecule has 1 heterocycles. The molecule has 0 unspecified atom stereocenters. The number of hydrogen-bond donors (Lipinski definition) is 2. The van der Waals surface area contributed by atoms with Gasteiger partial charge in [0, 0.05) is 26.5 Å².